The molecule has 6 nitrogen and oxygen atoms in total. The molecule has 0 spiro atoms. The monoisotopic (exact) mass is 194 g/mol. The third-order valence-electron chi connectivity index (χ3n) is 1.42. The average molecular weight is 194 g/mol. The molecule has 1 saturated heterocycles. The Hall–Kier alpha value is -0.820. The number of amides is 1. The van der Waals surface area contributed by atoms with Gasteiger partial charge in [-0.2, -0.15) is 8.42 Å². The molecule has 0 bridgehead atoms. The lowest BCUT2D eigenvalue weighted by Gasteiger charge is -2.39. The molecule has 0 aromatic rings. The van der Waals surface area contributed by atoms with Crippen LogP contribution in [0.4, 0.5) is 4.79 Å². The number of carbonyl (C=O) groups excluding carboxylic acids is 1. The van der Waals surface area contributed by atoms with Crippen molar-refractivity contribution in [1.29, 1.82) is 0 Å². The van der Waals surface area contributed by atoms with E-state index in [4.69, 9.17) is 0 Å². The first kappa shape index (κ1) is 9.27. The molecule has 1 amide bonds. The molecule has 1 fully saturated rings. The van der Waals surface area contributed by atoms with Gasteiger partial charge in [-0.15, -0.1) is 0 Å². The van der Waals surface area contributed by atoms with E-state index in [0.29, 0.717) is 0 Å². The van der Waals surface area contributed by atoms with Gasteiger partial charge in [0.25, 0.3) is 10.1 Å². The summed E-state index contributed by atoms with van der Waals surface area (Å²) in [7, 11) is -3.47. The van der Waals surface area contributed by atoms with Gasteiger partial charge in [0.2, 0.25) is 0 Å². The minimum absolute atomic E-state index is 0.0649. The molecule has 70 valence electrons. The first-order valence-corrected chi connectivity index (χ1v) is 5.04. The van der Waals surface area contributed by atoms with Crippen LogP contribution in [-0.4, -0.2) is 44.9 Å². The Kier molecular flexibility index (Phi) is 2.25. The number of hydrogen-bond donors (Lipinski definition) is 0. The van der Waals surface area contributed by atoms with Gasteiger partial charge in [0.15, 0.2) is 0 Å². The van der Waals surface area contributed by atoms with Crippen molar-refractivity contribution in [3.8, 4) is 0 Å². The van der Waals surface area contributed by atoms with Crippen LogP contribution in [0, 0.1) is 0 Å². The maximum absolute atomic E-state index is 10.5. The van der Waals surface area contributed by atoms with Gasteiger partial charge in [-0.25, -0.2) is 0 Å². The van der Waals surface area contributed by atoms with Gasteiger partial charge in [-0.1, -0.05) is 0 Å². The van der Waals surface area contributed by atoms with E-state index in [0.717, 1.165) is 11.2 Å². The van der Waals surface area contributed by atoms with Crippen LogP contribution in [0.3, 0.4) is 0 Å². The number of nitrogens with zero attached hydrogens (tertiary/aromatic N) is 1. The van der Waals surface area contributed by atoms with E-state index in [1.54, 1.807) is 0 Å². The summed E-state index contributed by atoms with van der Waals surface area (Å²) in [6.07, 6.45) is -0.921. The summed E-state index contributed by atoms with van der Waals surface area (Å²) in [5, 5.41) is 10.1. The van der Waals surface area contributed by atoms with E-state index in [-0.39, 0.29) is 13.1 Å². The lowest BCUT2D eigenvalue weighted by Crippen LogP contribution is -2.58. The minimum Gasteiger partial charge on any atom is -0.530 e. The predicted molar refractivity (Wildman–Crippen MR) is 36.7 cm³/mol. The van der Waals surface area contributed by atoms with E-state index in [1.807, 2.05) is 0 Å². The first-order chi connectivity index (χ1) is 5.38. The molecule has 0 aliphatic carbocycles. The number of hydrogen-bond acceptors (Lipinski definition) is 5. The minimum atomic E-state index is -3.47. The molecule has 1 heterocycles. The molecule has 1 aliphatic rings. The number of rotatable bonds is 2. The largest absolute Gasteiger partial charge is 0.530 e. The molecule has 0 aromatic heterocycles. The zero-order valence-corrected chi connectivity index (χ0v) is 7.20. The molecular formula is C5H8NO5S-. The van der Waals surface area contributed by atoms with Crippen LogP contribution >= 0.6 is 0 Å². The molecular weight excluding hydrogens is 186 g/mol. The Morgan fingerprint density at radius 3 is 2.42 bits per heavy atom. The van der Waals surface area contributed by atoms with E-state index in [2.05, 4.69) is 4.18 Å². The summed E-state index contributed by atoms with van der Waals surface area (Å²) in [5.41, 5.74) is 0. The number of carboxylic acid groups (broad SMARTS) is 1. The summed E-state index contributed by atoms with van der Waals surface area (Å²) in [4.78, 5) is 11.1. The topological polar surface area (TPSA) is 86.7 Å². The van der Waals surface area contributed by atoms with Crippen molar-refractivity contribution in [2.75, 3.05) is 19.3 Å². The van der Waals surface area contributed by atoms with Crippen molar-refractivity contribution in [3.63, 3.8) is 0 Å². The normalized spacial score (nSPS) is 18.9. The van der Waals surface area contributed by atoms with Crippen molar-refractivity contribution >= 4 is 16.2 Å². The molecule has 1 rings (SSSR count). The maximum atomic E-state index is 10.5. The SMILES string of the molecule is CS(=O)(=O)OC1CN(C(=O)[O-])C1. The van der Waals surface area contributed by atoms with Crippen LogP contribution in [0.5, 0.6) is 0 Å². The Balaban J connectivity index is 2.32. The Bertz CT molecular complexity index is 278. The third kappa shape index (κ3) is 2.35. The van der Waals surface area contributed by atoms with Gasteiger partial charge >= 0.3 is 0 Å². The zero-order chi connectivity index (χ0) is 9.35. The Morgan fingerprint density at radius 2 is 2.08 bits per heavy atom. The van der Waals surface area contributed by atoms with Crippen LogP contribution in [0.15, 0.2) is 0 Å². The fourth-order valence-electron chi connectivity index (χ4n) is 0.895. The molecule has 0 unspecified atom stereocenters. The van der Waals surface area contributed by atoms with Crippen LogP contribution in [0.1, 0.15) is 0 Å². The van der Waals surface area contributed by atoms with Gasteiger partial charge < -0.3 is 14.8 Å². The highest BCUT2D eigenvalue weighted by Gasteiger charge is 2.30. The summed E-state index contributed by atoms with van der Waals surface area (Å²) in [6, 6.07) is 0. The van der Waals surface area contributed by atoms with Gasteiger partial charge in [0.1, 0.15) is 12.2 Å². The summed E-state index contributed by atoms with van der Waals surface area (Å²) >= 11 is 0. The highest BCUT2D eigenvalue weighted by atomic mass is 32.2. The van der Waals surface area contributed by atoms with Crippen molar-refractivity contribution in [2.45, 2.75) is 6.10 Å². The zero-order valence-electron chi connectivity index (χ0n) is 6.39. The van der Waals surface area contributed by atoms with Gasteiger partial charge in [-0.3, -0.25) is 4.18 Å². The fraction of sp³-hybridized carbons (Fsp3) is 0.800. The smallest absolute Gasteiger partial charge is 0.264 e. The standard InChI is InChI=1S/C5H9NO5S/c1-12(9,10)11-4-2-6(3-4)5(7)8/h4H,2-3H2,1H3,(H,7,8)/p-1. The lowest BCUT2D eigenvalue weighted by atomic mass is 10.2. The molecule has 0 aromatic carbocycles. The second-order valence-electron chi connectivity index (χ2n) is 2.59. The molecule has 7 heteroatoms. The summed E-state index contributed by atoms with van der Waals surface area (Å²) in [5.74, 6) is 0. The quantitative estimate of drug-likeness (QED) is 0.474. The Labute approximate surface area is 69.9 Å². The van der Waals surface area contributed by atoms with Gasteiger partial charge in [-0.05, 0) is 0 Å². The number of carbonyl (C=O) groups is 1. The highest BCUT2D eigenvalue weighted by Crippen LogP contribution is 2.12. The first-order valence-electron chi connectivity index (χ1n) is 3.22. The molecule has 1 aliphatic heterocycles. The van der Waals surface area contributed by atoms with Crippen molar-refractivity contribution in [1.82, 2.24) is 4.90 Å². The van der Waals surface area contributed by atoms with Crippen LogP contribution in [-0.2, 0) is 14.3 Å². The molecule has 0 radical (unpaired) electrons. The van der Waals surface area contributed by atoms with E-state index < -0.39 is 22.3 Å². The van der Waals surface area contributed by atoms with Crippen molar-refractivity contribution < 1.29 is 22.5 Å². The second-order valence-corrected chi connectivity index (χ2v) is 4.19. The van der Waals surface area contributed by atoms with E-state index >= 15 is 0 Å². The third-order valence-corrected chi connectivity index (χ3v) is 2.04. The van der Waals surface area contributed by atoms with Crippen LogP contribution in [0.25, 0.3) is 0 Å². The van der Waals surface area contributed by atoms with E-state index in [1.165, 1.54) is 0 Å². The van der Waals surface area contributed by atoms with E-state index in [9.17, 15) is 18.3 Å². The van der Waals surface area contributed by atoms with Crippen molar-refractivity contribution in [2.24, 2.45) is 0 Å². The predicted octanol–water partition coefficient (Wildman–Crippen LogP) is -2.01. The second kappa shape index (κ2) is 2.91. The lowest BCUT2D eigenvalue weighted by molar-refractivity contribution is -0.272. The van der Waals surface area contributed by atoms with Gasteiger partial charge in [0.05, 0.1) is 6.26 Å². The van der Waals surface area contributed by atoms with Crippen molar-refractivity contribution in [3.05, 3.63) is 0 Å². The highest BCUT2D eigenvalue weighted by molar-refractivity contribution is 7.86. The average Bonchev–Trinajstić information content (AvgIpc) is 1.74. The molecule has 0 N–H and O–H groups in total. The van der Waals surface area contributed by atoms with Crippen LogP contribution < -0.4 is 5.11 Å². The summed E-state index contributed by atoms with van der Waals surface area (Å²) in [6.45, 7) is 0.130. The van der Waals surface area contributed by atoms with Gasteiger partial charge in [0, 0.05) is 13.1 Å². The summed E-state index contributed by atoms with van der Waals surface area (Å²) < 4.78 is 25.5. The maximum Gasteiger partial charge on any atom is 0.264 e. The van der Waals surface area contributed by atoms with Crippen LogP contribution in [0.2, 0.25) is 0 Å². The molecule has 0 atom stereocenters. The Morgan fingerprint density at radius 1 is 1.58 bits per heavy atom. The number of likely N-dealkylation sites (tertiary alicyclic amines) is 1. The fourth-order valence-corrected chi connectivity index (χ4v) is 1.51. The molecule has 0 saturated carbocycles. The molecule has 12 heavy (non-hydrogen) atoms.